The van der Waals surface area contributed by atoms with Gasteiger partial charge in [0.05, 0.1) is 0 Å². The maximum atomic E-state index is 2.40. The minimum absolute atomic E-state index is 0.377. The van der Waals surface area contributed by atoms with Crippen molar-refractivity contribution in [2.75, 3.05) is 0 Å². The van der Waals surface area contributed by atoms with Crippen molar-refractivity contribution in [1.82, 2.24) is 0 Å². The van der Waals surface area contributed by atoms with Crippen LogP contribution in [-0.4, -0.2) is 0 Å². The van der Waals surface area contributed by atoms with E-state index in [0.717, 1.165) is 12.3 Å². The van der Waals surface area contributed by atoms with Gasteiger partial charge in [-0.25, -0.2) is 0 Å². The van der Waals surface area contributed by atoms with Crippen LogP contribution in [0.5, 0.6) is 0 Å². The Labute approximate surface area is 112 Å². The van der Waals surface area contributed by atoms with Crippen LogP contribution in [0.2, 0.25) is 0 Å². The molecule has 2 rings (SSSR count). The molecule has 0 amide bonds. The van der Waals surface area contributed by atoms with E-state index in [1.807, 2.05) is 0 Å². The summed E-state index contributed by atoms with van der Waals surface area (Å²) in [6.07, 6.45) is 8.55. The molecule has 0 saturated heterocycles. The molecular weight excluding hydrogens is 216 g/mol. The van der Waals surface area contributed by atoms with E-state index in [1.165, 1.54) is 24.0 Å². The number of hydrogen-bond acceptors (Lipinski definition) is 0. The van der Waals surface area contributed by atoms with Crippen molar-refractivity contribution in [2.24, 2.45) is 11.3 Å². The SMILES string of the molecule is CC1C=CC(c2ccc(CC(C)(C)C)cc2)CC1. The van der Waals surface area contributed by atoms with Gasteiger partial charge in [-0.15, -0.1) is 0 Å². The lowest BCUT2D eigenvalue weighted by atomic mass is 9.83. The molecule has 0 saturated carbocycles. The highest BCUT2D eigenvalue weighted by molar-refractivity contribution is 5.29. The fourth-order valence-corrected chi connectivity index (χ4v) is 2.73. The van der Waals surface area contributed by atoms with Gasteiger partial charge in [-0.05, 0) is 41.7 Å². The van der Waals surface area contributed by atoms with E-state index in [9.17, 15) is 0 Å². The van der Waals surface area contributed by atoms with Crippen molar-refractivity contribution in [1.29, 1.82) is 0 Å². The summed E-state index contributed by atoms with van der Waals surface area (Å²) in [4.78, 5) is 0. The summed E-state index contributed by atoms with van der Waals surface area (Å²) in [5.74, 6) is 1.41. The minimum Gasteiger partial charge on any atom is -0.0851 e. The zero-order valence-electron chi connectivity index (χ0n) is 12.2. The molecule has 0 spiro atoms. The fourth-order valence-electron chi connectivity index (χ4n) is 2.73. The van der Waals surface area contributed by atoms with Gasteiger partial charge in [-0.3, -0.25) is 0 Å². The highest BCUT2D eigenvalue weighted by atomic mass is 14.2. The van der Waals surface area contributed by atoms with Crippen molar-refractivity contribution >= 4 is 0 Å². The van der Waals surface area contributed by atoms with E-state index in [2.05, 4.69) is 64.1 Å². The maximum absolute atomic E-state index is 2.40. The highest BCUT2D eigenvalue weighted by Crippen LogP contribution is 2.30. The van der Waals surface area contributed by atoms with Gasteiger partial charge in [0.1, 0.15) is 0 Å². The zero-order valence-corrected chi connectivity index (χ0v) is 12.2. The Hall–Kier alpha value is -1.04. The third-order valence-electron chi connectivity index (χ3n) is 3.75. The maximum Gasteiger partial charge on any atom is 0.00182 e. The molecule has 1 aromatic carbocycles. The first-order chi connectivity index (χ1) is 8.44. The van der Waals surface area contributed by atoms with Gasteiger partial charge >= 0.3 is 0 Å². The first-order valence-electron chi connectivity index (χ1n) is 7.21. The summed E-state index contributed by atoms with van der Waals surface area (Å²) >= 11 is 0. The molecule has 2 unspecified atom stereocenters. The average molecular weight is 242 g/mol. The van der Waals surface area contributed by atoms with Crippen LogP contribution in [0, 0.1) is 11.3 Å². The third-order valence-corrected chi connectivity index (χ3v) is 3.75. The largest absolute Gasteiger partial charge is 0.0851 e. The van der Waals surface area contributed by atoms with Crippen molar-refractivity contribution < 1.29 is 0 Å². The minimum atomic E-state index is 0.377. The lowest BCUT2D eigenvalue weighted by Crippen LogP contribution is -2.09. The van der Waals surface area contributed by atoms with Gasteiger partial charge in [0.2, 0.25) is 0 Å². The van der Waals surface area contributed by atoms with E-state index >= 15 is 0 Å². The van der Waals surface area contributed by atoms with Crippen molar-refractivity contribution in [3.63, 3.8) is 0 Å². The summed E-state index contributed by atoms with van der Waals surface area (Å²) in [5, 5.41) is 0. The van der Waals surface area contributed by atoms with Crippen LogP contribution in [0.4, 0.5) is 0 Å². The van der Waals surface area contributed by atoms with Crippen LogP contribution in [0.3, 0.4) is 0 Å². The standard InChI is InChI=1S/C18H26/c1-14-5-9-16(10-6-14)17-11-7-15(8-12-17)13-18(2,3)4/h5,7-9,11-12,14,16H,6,10,13H2,1-4H3. The summed E-state index contributed by atoms with van der Waals surface area (Å²) in [6, 6.07) is 9.27. The van der Waals surface area contributed by atoms with E-state index in [1.54, 1.807) is 0 Å². The Bertz CT molecular complexity index is 403. The second-order valence-electron chi connectivity index (χ2n) is 7.03. The summed E-state index contributed by atoms with van der Waals surface area (Å²) < 4.78 is 0. The Morgan fingerprint density at radius 3 is 2.17 bits per heavy atom. The monoisotopic (exact) mass is 242 g/mol. The Morgan fingerprint density at radius 2 is 1.67 bits per heavy atom. The fraction of sp³-hybridized carbons (Fsp3) is 0.556. The molecule has 98 valence electrons. The van der Waals surface area contributed by atoms with Crippen LogP contribution in [0.1, 0.15) is 57.6 Å². The third kappa shape index (κ3) is 3.73. The number of allylic oxidation sites excluding steroid dienone is 2. The van der Waals surface area contributed by atoms with Gasteiger partial charge in [-0.1, -0.05) is 64.1 Å². The van der Waals surface area contributed by atoms with Crippen LogP contribution < -0.4 is 0 Å². The second kappa shape index (κ2) is 5.30. The van der Waals surface area contributed by atoms with Crippen molar-refractivity contribution in [2.45, 2.75) is 52.9 Å². The van der Waals surface area contributed by atoms with Gasteiger partial charge in [0.15, 0.2) is 0 Å². The Kier molecular flexibility index (Phi) is 3.94. The van der Waals surface area contributed by atoms with E-state index in [4.69, 9.17) is 0 Å². The first kappa shape index (κ1) is 13.4. The second-order valence-corrected chi connectivity index (χ2v) is 7.03. The number of hydrogen-bond donors (Lipinski definition) is 0. The van der Waals surface area contributed by atoms with Crippen LogP contribution in [0.25, 0.3) is 0 Å². The normalized spacial score (nSPS) is 24.2. The van der Waals surface area contributed by atoms with E-state index in [-0.39, 0.29) is 0 Å². The van der Waals surface area contributed by atoms with Crippen molar-refractivity contribution in [3.05, 3.63) is 47.5 Å². The molecule has 2 atom stereocenters. The molecule has 0 heterocycles. The lowest BCUT2D eigenvalue weighted by molar-refractivity contribution is 0.411. The van der Waals surface area contributed by atoms with Crippen LogP contribution in [0.15, 0.2) is 36.4 Å². The average Bonchev–Trinajstić information content (AvgIpc) is 2.29. The van der Waals surface area contributed by atoms with Gasteiger partial charge < -0.3 is 0 Å². The molecule has 0 fully saturated rings. The predicted octanol–water partition coefficient (Wildman–Crippen LogP) is 5.34. The molecule has 1 aliphatic carbocycles. The van der Waals surface area contributed by atoms with Gasteiger partial charge in [0, 0.05) is 5.92 Å². The molecule has 0 bridgehead atoms. The Morgan fingerprint density at radius 1 is 1.00 bits per heavy atom. The molecule has 0 radical (unpaired) electrons. The Balaban J connectivity index is 2.06. The molecule has 0 nitrogen and oxygen atoms in total. The molecule has 1 aliphatic rings. The topological polar surface area (TPSA) is 0 Å². The van der Waals surface area contributed by atoms with Crippen LogP contribution >= 0.6 is 0 Å². The summed E-state index contributed by atoms with van der Waals surface area (Å²) in [5.41, 5.74) is 3.32. The number of benzene rings is 1. The molecule has 18 heavy (non-hydrogen) atoms. The molecule has 0 aromatic heterocycles. The quantitative estimate of drug-likeness (QED) is 0.614. The number of rotatable bonds is 2. The summed E-state index contributed by atoms with van der Waals surface area (Å²) in [7, 11) is 0. The summed E-state index contributed by atoms with van der Waals surface area (Å²) in [6.45, 7) is 9.20. The van der Waals surface area contributed by atoms with Gasteiger partial charge in [0.25, 0.3) is 0 Å². The molecule has 1 aromatic rings. The van der Waals surface area contributed by atoms with Crippen molar-refractivity contribution in [3.8, 4) is 0 Å². The predicted molar refractivity (Wildman–Crippen MR) is 79.9 cm³/mol. The highest BCUT2D eigenvalue weighted by Gasteiger charge is 2.15. The van der Waals surface area contributed by atoms with E-state index < -0.39 is 0 Å². The molecular formula is C18H26. The van der Waals surface area contributed by atoms with Crippen LogP contribution in [-0.2, 0) is 6.42 Å². The first-order valence-corrected chi connectivity index (χ1v) is 7.21. The molecule has 0 N–H and O–H groups in total. The molecule has 0 heteroatoms. The lowest BCUT2D eigenvalue weighted by Gasteiger charge is -2.22. The van der Waals surface area contributed by atoms with Gasteiger partial charge in [-0.2, -0.15) is 0 Å². The molecule has 0 aliphatic heterocycles. The smallest absolute Gasteiger partial charge is 0.00182 e. The van der Waals surface area contributed by atoms with E-state index in [0.29, 0.717) is 11.3 Å². The zero-order chi connectivity index (χ0) is 13.2.